The summed E-state index contributed by atoms with van der Waals surface area (Å²) in [5, 5.41) is 2.69. The molecular weight excluding hydrogens is 363 g/mol. The highest BCUT2D eigenvalue weighted by Gasteiger charge is 2.16. The predicted octanol–water partition coefficient (Wildman–Crippen LogP) is 3.94. The largest absolute Gasteiger partial charge is 0.496 e. The molecule has 6 nitrogen and oxygen atoms in total. The molecule has 2 aromatic carbocycles. The third-order valence-corrected chi connectivity index (χ3v) is 4.04. The van der Waals surface area contributed by atoms with Gasteiger partial charge in [-0.25, -0.2) is 9.18 Å². The molecule has 0 aliphatic heterocycles. The molecule has 1 aromatic heterocycles. The number of ether oxygens (including phenoxy) is 2. The van der Waals surface area contributed by atoms with Crippen molar-refractivity contribution < 1.29 is 23.5 Å². The summed E-state index contributed by atoms with van der Waals surface area (Å²) in [6, 6.07) is 14.0. The maximum absolute atomic E-state index is 13.8. The van der Waals surface area contributed by atoms with Gasteiger partial charge >= 0.3 is 5.97 Å². The summed E-state index contributed by atoms with van der Waals surface area (Å²) in [5.41, 5.74) is 1.65. The lowest BCUT2D eigenvalue weighted by molar-refractivity contribution is 0.0597. The number of nitrogens with one attached hydrogen (secondary N) is 1. The van der Waals surface area contributed by atoms with E-state index in [0.29, 0.717) is 22.7 Å². The van der Waals surface area contributed by atoms with Crippen LogP contribution in [0.3, 0.4) is 0 Å². The summed E-state index contributed by atoms with van der Waals surface area (Å²) in [5.74, 6) is -1.12. The van der Waals surface area contributed by atoms with Crippen molar-refractivity contribution in [1.29, 1.82) is 0 Å². The van der Waals surface area contributed by atoms with E-state index < -0.39 is 11.9 Å². The van der Waals surface area contributed by atoms with Crippen molar-refractivity contribution in [2.24, 2.45) is 0 Å². The number of rotatable bonds is 5. The Kier molecular flexibility index (Phi) is 5.64. The molecule has 0 aliphatic rings. The molecule has 1 heterocycles. The molecule has 0 saturated heterocycles. The Bertz CT molecular complexity index is 1020. The molecule has 142 valence electrons. The van der Waals surface area contributed by atoms with E-state index in [9.17, 15) is 14.0 Å². The molecule has 28 heavy (non-hydrogen) atoms. The van der Waals surface area contributed by atoms with Crippen molar-refractivity contribution in [2.45, 2.75) is 0 Å². The zero-order valence-electron chi connectivity index (χ0n) is 15.2. The third kappa shape index (κ3) is 3.98. The summed E-state index contributed by atoms with van der Waals surface area (Å²) < 4.78 is 23.7. The number of anilines is 1. The second kappa shape index (κ2) is 8.30. The maximum Gasteiger partial charge on any atom is 0.341 e. The average molecular weight is 380 g/mol. The lowest BCUT2D eigenvalue weighted by atomic mass is 10.1. The fourth-order valence-corrected chi connectivity index (χ4v) is 2.62. The quantitative estimate of drug-likeness (QED) is 0.679. The van der Waals surface area contributed by atoms with Gasteiger partial charge in [0, 0.05) is 11.1 Å². The van der Waals surface area contributed by atoms with E-state index in [2.05, 4.69) is 10.3 Å². The number of benzene rings is 2. The van der Waals surface area contributed by atoms with Gasteiger partial charge in [0.05, 0.1) is 31.8 Å². The molecule has 7 heteroatoms. The van der Waals surface area contributed by atoms with E-state index in [1.807, 2.05) is 0 Å². The zero-order chi connectivity index (χ0) is 20.1. The Balaban J connectivity index is 1.80. The normalized spacial score (nSPS) is 10.2. The van der Waals surface area contributed by atoms with E-state index in [0.717, 1.165) is 0 Å². The van der Waals surface area contributed by atoms with Crippen LogP contribution in [-0.4, -0.2) is 31.1 Å². The second-order valence-electron chi connectivity index (χ2n) is 5.77. The fourth-order valence-electron chi connectivity index (χ4n) is 2.62. The van der Waals surface area contributed by atoms with Crippen LogP contribution in [0.1, 0.15) is 20.7 Å². The number of halogens is 1. The van der Waals surface area contributed by atoms with Gasteiger partial charge < -0.3 is 14.8 Å². The molecular formula is C21H17FN2O4. The van der Waals surface area contributed by atoms with Gasteiger partial charge in [-0.1, -0.05) is 12.1 Å². The zero-order valence-corrected chi connectivity index (χ0v) is 15.2. The Morgan fingerprint density at radius 2 is 1.82 bits per heavy atom. The first-order valence-electron chi connectivity index (χ1n) is 8.32. The molecule has 1 N–H and O–H groups in total. The number of carbonyl (C=O) groups is 2. The van der Waals surface area contributed by atoms with E-state index in [-0.39, 0.29) is 16.9 Å². The average Bonchev–Trinajstić information content (AvgIpc) is 2.73. The lowest BCUT2D eigenvalue weighted by Crippen LogP contribution is -2.14. The van der Waals surface area contributed by atoms with Gasteiger partial charge in [-0.05, 0) is 42.5 Å². The molecule has 3 rings (SSSR count). The van der Waals surface area contributed by atoms with Gasteiger partial charge in [0.15, 0.2) is 0 Å². The molecule has 0 bridgehead atoms. The smallest absolute Gasteiger partial charge is 0.341 e. The van der Waals surface area contributed by atoms with Gasteiger partial charge in [-0.3, -0.25) is 9.78 Å². The standard InChI is InChI=1S/C21H17FN2O4/c1-27-19-10-7-13(11-16(19)21(26)28-2)20(25)24-14-8-9-18(23-12-14)15-5-3-4-6-17(15)22/h3-12H,1-2H3,(H,24,25). The number of methoxy groups -OCH3 is 2. The topological polar surface area (TPSA) is 77.5 Å². The maximum atomic E-state index is 13.8. The van der Waals surface area contributed by atoms with Gasteiger partial charge in [-0.2, -0.15) is 0 Å². The molecule has 0 aliphatic carbocycles. The molecule has 3 aromatic rings. The SMILES string of the molecule is COC(=O)c1cc(C(=O)Nc2ccc(-c3ccccc3F)nc2)ccc1OC. The van der Waals surface area contributed by atoms with Crippen LogP contribution in [0.5, 0.6) is 5.75 Å². The van der Waals surface area contributed by atoms with Gasteiger partial charge in [0.2, 0.25) is 0 Å². The highest BCUT2D eigenvalue weighted by molar-refractivity contribution is 6.06. The van der Waals surface area contributed by atoms with Crippen LogP contribution >= 0.6 is 0 Å². The monoisotopic (exact) mass is 380 g/mol. The Morgan fingerprint density at radius 3 is 2.46 bits per heavy atom. The van der Waals surface area contributed by atoms with Crippen molar-refractivity contribution in [1.82, 2.24) is 4.98 Å². The summed E-state index contributed by atoms with van der Waals surface area (Å²) in [4.78, 5) is 28.5. The summed E-state index contributed by atoms with van der Waals surface area (Å²) in [6.07, 6.45) is 1.43. The first-order chi connectivity index (χ1) is 13.5. The van der Waals surface area contributed by atoms with E-state index >= 15 is 0 Å². The number of aromatic nitrogens is 1. The molecule has 0 unspecified atom stereocenters. The van der Waals surface area contributed by atoms with Crippen LogP contribution in [0.25, 0.3) is 11.3 Å². The van der Waals surface area contributed by atoms with E-state index in [1.165, 1.54) is 44.7 Å². The second-order valence-corrected chi connectivity index (χ2v) is 5.77. The van der Waals surface area contributed by atoms with Crippen LogP contribution < -0.4 is 10.1 Å². The van der Waals surface area contributed by atoms with Gasteiger partial charge in [-0.15, -0.1) is 0 Å². The Hall–Kier alpha value is -3.74. The molecule has 0 spiro atoms. The van der Waals surface area contributed by atoms with Crippen molar-refractivity contribution in [2.75, 3.05) is 19.5 Å². The number of hydrogen-bond donors (Lipinski definition) is 1. The number of pyridine rings is 1. The third-order valence-electron chi connectivity index (χ3n) is 4.04. The van der Waals surface area contributed by atoms with Crippen LogP contribution in [0.4, 0.5) is 10.1 Å². The molecule has 0 atom stereocenters. The minimum Gasteiger partial charge on any atom is -0.496 e. The van der Waals surface area contributed by atoms with Crippen LogP contribution in [0.15, 0.2) is 60.8 Å². The predicted molar refractivity (Wildman–Crippen MR) is 102 cm³/mol. The first-order valence-corrected chi connectivity index (χ1v) is 8.32. The summed E-state index contributed by atoms with van der Waals surface area (Å²) in [7, 11) is 2.67. The van der Waals surface area contributed by atoms with Crippen molar-refractivity contribution in [3.8, 4) is 17.0 Å². The first kappa shape index (κ1) is 19.0. The van der Waals surface area contributed by atoms with Crippen LogP contribution in [0, 0.1) is 5.82 Å². The van der Waals surface area contributed by atoms with E-state index in [4.69, 9.17) is 9.47 Å². The number of amides is 1. The van der Waals surface area contributed by atoms with Crippen molar-refractivity contribution >= 4 is 17.6 Å². The Labute approximate surface area is 160 Å². The van der Waals surface area contributed by atoms with Gasteiger partial charge in [0.25, 0.3) is 5.91 Å². The summed E-state index contributed by atoms with van der Waals surface area (Å²) in [6.45, 7) is 0. The van der Waals surface area contributed by atoms with Gasteiger partial charge in [0.1, 0.15) is 17.1 Å². The Morgan fingerprint density at radius 1 is 1.04 bits per heavy atom. The molecule has 0 saturated carbocycles. The summed E-state index contributed by atoms with van der Waals surface area (Å²) >= 11 is 0. The highest BCUT2D eigenvalue weighted by atomic mass is 19.1. The van der Waals surface area contributed by atoms with E-state index in [1.54, 1.807) is 30.3 Å². The number of nitrogens with zero attached hydrogens (tertiary/aromatic N) is 1. The highest BCUT2D eigenvalue weighted by Crippen LogP contribution is 2.23. The minimum atomic E-state index is -0.609. The molecule has 0 fully saturated rings. The van der Waals surface area contributed by atoms with Crippen LogP contribution in [0.2, 0.25) is 0 Å². The number of esters is 1. The fraction of sp³-hybridized carbons (Fsp3) is 0.0952. The number of hydrogen-bond acceptors (Lipinski definition) is 5. The van der Waals surface area contributed by atoms with Crippen LogP contribution in [-0.2, 0) is 4.74 Å². The number of carbonyl (C=O) groups excluding carboxylic acids is 2. The minimum absolute atomic E-state index is 0.144. The molecule has 0 radical (unpaired) electrons. The van der Waals surface area contributed by atoms with Crippen molar-refractivity contribution in [3.63, 3.8) is 0 Å². The van der Waals surface area contributed by atoms with Crippen molar-refractivity contribution in [3.05, 3.63) is 77.7 Å². The lowest BCUT2D eigenvalue weighted by Gasteiger charge is -2.10. The molecule has 1 amide bonds.